The van der Waals surface area contributed by atoms with Gasteiger partial charge in [-0.1, -0.05) is 212 Å². The predicted molar refractivity (Wildman–Crippen MR) is 248 cm³/mol. The number of thiophene rings is 1. The Bertz CT molecular complexity index is 3050. The Morgan fingerprint density at radius 1 is 0.351 bits per heavy atom. The molecule has 0 aliphatic heterocycles. The van der Waals surface area contributed by atoms with Gasteiger partial charge in [-0.2, -0.15) is 0 Å². The average Bonchev–Trinajstić information content (AvgIpc) is 3.84. The predicted octanol–water partition coefficient (Wildman–Crippen LogP) is 11.9. The van der Waals surface area contributed by atoms with E-state index in [1.54, 1.807) is 0 Å². The fraction of sp³-hybridized carbons (Fsp3) is 0. The summed E-state index contributed by atoms with van der Waals surface area (Å²) in [6.07, 6.45) is 0. The van der Waals surface area contributed by atoms with Crippen LogP contribution in [0.25, 0.3) is 69.9 Å². The number of hydrogen-bond acceptors (Lipinski definition) is 1. The van der Waals surface area contributed by atoms with Crippen molar-refractivity contribution in [1.82, 2.24) is 4.57 Å². The van der Waals surface area contributed by atoms with Crippen LogP contribution in [0.15, 0.2) is 224 Å². The molecule has 0 spiro atoms. The molecule has 0 aliphatic carbocycles. The molecule has 0 radical (unpaired) electrons. The summed E-state index contributed by atoms with van der Waals surface area (Å²) in [4.78, 5) is 0. The van der Waals surface area contributed by atoms with Crippen molar-refractivity contribution in [3.8, 4) is 27.9 Å². The van der Waals surface area contributed by atoms with E-state index < -0.39 is 8.07 Å². The van der Waals surface area contributed by atoms with Gasteiger partial charge in [0, 0.05) is 37.4 Å². The number of hydrogen-bond donors (Lipinski definition) is 0. The quantitative estimate of drug-likeness (QED) is 0.113. The maximum atomic E-state index is 2.60. The second-order valence-electron chi connectivity index (χ2n) is 14.8. The Morgan fingerprint density at radius 3 is 1.33 bits per heavy atom. The minimum atomic E-state index is -2.92. The maximum absolute atomic E-state index is 2.92. The van der Waals surface area contributed by atoms with E-state index in [0.29, 0.717) is 0 Å². The number of nitrogens with zero attached hydrogens (tertiary/aromatic N) is 1. The first-order valence-corrected chi connectivity index (χ1v) is 22.4. The van der Waals surface area contributed by atoms with Gasteiger partial charge in [0.25, 0.3) is 0 Å². The molecule has 0 N–H and O–H groups in total. The zero-order valence-corrected chi connectivity index (χ0v) is 33.0. The molecule has 11 aromatic rings. The number of rotatable bonds is 7. The van der Waals surface area contributed by atoms with Crippen LogP contribution in [0.4, 0.5) is 0 Å². The number of para-hydroxylation sites is 1. The molecule has 0 unspecified atom stereocenters. The maximum Gasteiger partial charge on any atom is 0.179 e. The second kappa shape index (κ2) is 13.8. The first-order valence-electron chi connectivity index (χ1n) is 19.6. The lowest BCUT2D eigenvalue weighted by Gasteiger charge is -2.36. The minimum Gasteiger partial charge on any atom is -0.307 e. The lowest BCUT2D eigenvalue weighted by Crippen LogP contribution is -2.74. The zero-order chi connectivity index (χ0) is 37.8. The summed E-state index contributed by atoms with van der Waals surface area (Å²) in [7, 11) is -2.92. The van der Waals surface area contributed by atoms with Crippen LogP contribution >= 0.6 is 11.3 Å². The smallest absolute Gasteiger partial charge is 0.179 e. The Morgan fingerprint density at radius 2 is 0.789 bits per heavy atom. The van der Waals surface area contributed by atoms with Crippen LogP contribution in [0, 0.1) is 0 Å². The summed E-state index contributed by atoms with van der Waals surface area (Å²) in [5.74, 6) is 0. The van der Waals surface area contributed by atoms with E-state index in [4.69, 9.17) is 0 Å². The van der Waals surface area contributed by atoms with E-state index in [0.717, 1.165) is 0 Å². The minimum absolute atomic E-state index is 1.19. The number of benzene rings is 9. The zero-order valence-electron chi connectivity index (χ0n) is 31.2. The highest BCUT2D eigenvalue weighted by Gasteiger charge is 2.42. The van der Waals surface area contributed by atoms with Gasteiger partial charge in [0.2, 0.25) is 0 Å². The van der Waals surface area contributed by atoms with Gasteiger partial charge in [0.1, 0.15) is 0 Å². The highest BCUT2D eigenvalue weighted by Crippen LogP contribution is 2.46. The van der Waals surface area contributed by atoms with Crippen molar-refractivity contribution in [1.29, 1.82) is 0 Å². The van der Waals surface area contributed by atoms with Crippen molar-refractivity contribution in [2.75, 3.05) is 0 Å². The van der Waals surface area contributed by atoms with Crippen LogP contribution in [0.2, 0.25) is 0 Å². The Labute approximate surface area is 337 Å². The topological polar surface area (TPSA) is 4.93 Å². The monoisotopic (exact) mass is 759 g/mol. The summed E-state index contributed by atoms with van der Waals surface area (Å²) in [6.45, 7) is 0. The van der Waals surface area contributed by atoms with Crippen molar-refractivity contribution in [3.63, 3.8) is 0 Å². The molecular weight excluding hydrogens is 723 g/mol. The third-order valence-corrected chi connectivity index (χ3v) is 17.7. The molecule has 3 heteroatoms. The van der Waals surface area contributed by atoms with Crippen molar-refractivity contribution < 1.29 is 0 Å². The fourth-order valence-electron chi connectivity index (χ4n) is 9.29. The van der Waals surface area contributed by atoms with Crippen molar-refractivity contribution in [2.45, 2.75) is 0 Å². The molecule has 0 saturated heterocycles. The molecule has 2 heterocycles. The van der Waals surface area contributed by atoms with Gasteiger partial charge in [0.15, 0.2) is 8.07 Å². The normalized spacial score (nSPS) is 11.9. The van der Waals surface area contributed by atoms with Crippen LogP contribution in [0.5, 0.6) is 0 Å². The van der Waals surface area contributed by atoms with E-state index in [-0.39, 0.29) is 0 Å². The SMILES string of the molecule is c1ccc(-c2cc([Si](c3ccccc3)(c3ccccc3)c3ccccc3)cc(-c3ccccc3)c2-n2c3ccccc3c3ccc4c5ccccc5sc4c32)cc1. The second-order valence-corrected chi connectivity index (χ2v) is 19.7. The molecule has 2 aromatic heterocycles. The lowest BCUT2D eigenvalue weighted by atomic mass is 9.95. The molecule has 11 rings (SSSR count). The molecule has 9 aromatic carbocycles. The fourth-order valence-corrected chi connectivity index (χ4v) is 15.3. The molecule has 0 aliphatic rings. The standard InChI is InChI=1S/C54H37NSSi/c1-6-20-38(21-7-1)48-36-43(57(40-24-10-3-11-25-40,41-26-12-4-13-27-41)42-28-14-5-15-29-42)37-49(39-22-8-2-9-23-39)52(48)55-50-32-18-16-30-44(50)46-34-35-47-45-31-17-19-33-51(45)56-54(47)53(46)55/h1-37H. The molecule has 268 valence electrons. The lowest BCUT2D eigenvalue weighted by molar-refractivity contribution is 1.19. The molecule has 57 heavy (non-hydrogen) atoms. The number of aromatic nitrogens is 1. The highest BCUT2D eigenvalue weighted by molar-refractivity contribution is 7.26. The van der Waals surface area contributed by atoms with Gasteiger partial charge in [-0.3, -0.25) is 0 Å². The van der Waals surface area contributed by atoms with Crippen LogP contribution < -0.4 is 20.7 Å². The summed E-state index contributed by atoms with van der Waals surface area (Å²) in [5.41, 5.74) is 8.48. The van der Waals surface area contributed by atoms with E-state index in [2.05, 4.69) is 229 Å². The summed E-state index contributed by atoms with van der Waals surface area (Å²) in [6, 6.07) is 83.6. The van der Waals surface area contributed by atoms with Gasteiger partial charge < -0.3 is 4.57 Å². The van der Waals surface area contributed by atoms with Crippen LogP contribution in [0.1, 0.15) is 0 Å². The molecular formula is C54H37NSSi. The van der Waals surface area contributed by atoms with Crippen LogP contribution in [-0.4, -0.2) is 12.6 Å². The van der Waals surface area contributed by atoms with E-state index in [9.17, 15) is 0 Å². The van der Waals surface area contributed by atoms with Crippen molar-refractivity contribution >= 4 is 82.1 Å². The van der Waals surface area contributed by atoms with Crippen LogP contribution in [-0.2, 0) is 0 Å². The summed E-state index contributed by atoms with van der Waals surface area (Å²) >= 11 is 1.90. The molecule has 0 bridgehead atoms. The first kappa shape index (κ1) is 33.5. The van der Waals surface area contributed by atoms with Crippen LogP contribution in [0.3, 0.4) is 0 Å². The van der Waals surface area contributed by atoms with E-state index in [1.807, 2.05) is 11.3 Å². The average molecular weight is 760 g/mol. The first-order chi connectivity index (χ1) is 28.3. The van der Waals surface area contributed by atoms with Gasteiger partial charge in [-0.05, 0) is 44.0 Å². The van der Waals surface area contributed by atoms with Gasteiger partial charge in [-0.25, -0.2) is 0 Å². The Balaban J connectivity index is 1.37. The van der Waals surface area contributed by atoms with Gasteiger partial charge in [-0.15, -0.1) is 11.3 Å². The largest absolute Gasteiger partial charge is 0.307 e. The van der Waals surface area contributed by atoms with Crippen molar-refractivity contribution in [2.24, 2.45) is 0 Å². The Hall–Kier alpha value is -6.78. The molecule has 0 atom stereocenters. The van der Waals surface area contributed by atoms with Gasteiger partial charge >= 0.3 is 0 Å². The molecule has 0 saturated carbocycles. The van der Waals surface area contributed by atoms with Crippen molar-refractivity contribution in [3.05, 3.63) is 224 Å². The molecule has 0 fully saturated rings. The molecule has 0 amide bonds. The molecule has 1 nitrogen and oxygen atoms in total. The van der Waals surface area contributed by atoms with Gasteiger partial charge in [0.05, 0.1) is 21.4 Å². The third-order valence-electron chi connectivity index (χ3n) is 11.7. The Kier molecular flexibility index (Phi) is 8.09. The number of fused-ring (bicyclic) bond motifs is 7. The summed E-state index contributed by atoms with van der Waals surface area (Å²) in [5, 5.41) is 10.6. The van der Waals surface area contributed by atoms with E-state index in [1.165, 1.54) is 90.7 Å². The van der Waals surface area contributed by atoms with E-state index >= 15 is 0 Å². The summed E-state index contributed by atoms with van der Waals surface area (Å²) < 4.78 is 5.23. The highest BCUT2D eigenvalue weighted by atomic mass is 32.1. The third kappa shape index (κ3) is 5.28.